The fraction of sp³-hybridized carbons (Fsp3) is 0.312. The topological polar surface area (TPSA) is 36.4 Å². The summed E-state index contributed by atoms with van der Waals surface area (Å²) in [5.41, 5.74) is 1.42. The van der Waals surface area contributed by atoms with E-state index in [-0.39, 0.29) is 0 Å². The summed E-state index contributed by atoms with van der Waals surface area (Å²) in [5, 5.41) is 8.96. The molecule has 104 valence electrons. The molecule has 0 aliphatic heterocycles. The lowest BCUT2D eigenvalue weighted by molar-refractivity contribution is 0.795. The summed E-state index contributed by atoms with van der Waals surface area (Å²) in [6, 6.07) is 15.4. The maximum atomic E-state index is 4.29. The minimum atomic E-state index is 0.506. The van der Waals surface area contributed by atoms with Gasteiger partial charge in [-0.1, -0.05) is 36.4 Å². The van der Waals surface area contributed by atoms with E-state index in [9.17, 15) is 0 Å². The molecule has 1 aliphatic rings. The highest BCUT2D eigenvalue weighted by molar-refractivity contribution is 7.09. The van der Waals surface area contributed by atoms with Crippen molar-refractivity contribution in [1.82, 2.24) is 10.6 Å². The average molecular weight is 285 g/mol. The smallest absolute Gasteiger partial charge is 0.191 e. The zero-order valence-electron chi connectivity index (χ0n) is 11.5. The molecule has 3 rings (SSSR count). The van der Waals surface area contributed by atoms with Crippen molar-refractivity contribution in [3.05, 3.63) is 58.3 Å². The molecule has 1 saturated carbocycles. The normalized spacial score (nSPS) is 21.6. The Hall–Kier alpha value is -1.81. The van der Waals surface area contributed by atoms with Crippen LogP contribution in [0.15, 0.2) is 52.8 Å². The quantitative estimate of drug-likeness (QED) is 0.669. The molecule has 0 saturated heterocycles. The van der Waals surface area contributed by atoms with Gasteiger partial charge in [0.15, 0.2) is 5.96 Å². The highest BCUT2D eigenvalue weighted by Crippen LogP contribution is 2.40. The number of nitrogens with zero attached hydrogens (tertiary/aromatic N) is 1. The van der Waals surface area contributed by atoms with E-state index in [2.05, 4.69) is 63.5 Å². The second-order valence-corrected chi connectivity index (χ2v) is 6.04. The van der Waals surface area contributed by atoms with Gasteiger partial charge in [-0.3, -0.25) is 4.99 Å². The molecule has 0 bridgehead atoms. The van der Waals surface area contributed by atoms with Gasteiger partial charge in [0.25, 0.3) is 0 Å². The van der Waals surface area contributed by atoms with Gasteiger partial charge < -0.3 is 10.6 Å². The van der Waals surface area contributed by atoms with E-state index in [1.165, 1.54) is 16.9 Å². The first-order valence-electron chi connectivity index (χ1n) is 6.91. The first-order valence-corrected chi connectivity index (χ1v) is 7.79. The summed E-state index contributed by atoms with van der Waals surface area (Å²) in [5.74, 6) is 1.51. The Kier molecular flexibility index (Phi) is 4.02. The van der Waals surface area contributed by atoms with Crippen molar-refractivity contribution in [1.29, 1.82) is 0 Å². The second-order valence-electron chi connectivity index (χ2n) is 5.01. The lowest BCUT2D eigenvalue weighted by atomic mass is 10.1. The van der Waals surface area contributed by atoms with Crippen LogP contribution in [0.2, 0.25) is 0 Å². The average Bonchev–Trinajstić information content (AvgIpc) is 3.06. The maximum Gasteiger partial charge on any atom is 0.191 e. The fourth-order valence-electron chi connectivity index (χ4n) is 2.38. The van der Waals surface area contributed by atoms with Crippen molar-refractivity contribution in [2.45, 2.75) is 24.9 Å². The monoisotopic (exact) mass is 285 g/mol. The third-order valence-corrected chi connectivity index (χ3v) is 4.45. The van der Waals surface area contributed by atoms with Gasteiger partial charge in [-0.05, 0) is 23.4 Å². The number of hydrogen-bond donors (Lipinski definition) is 2. The number of benzene rings is 1. The molecule has 0 spiro atoms. The first kappa shape index (κ1) is 13.2. The van der Waals surface area contributed by atoms with Gasteiger partial charge in [-0.25, -0.2) is 0 Å². The van der Waals surface area contributed by atoms with Crippen LogP contribution in [0.4, 0.5) is 0 Å². The molecule has 1 aromatic heterocycles. The highest BCUT2D eigenvalue weighted by atomic mass is 32.1. The molecular formula is C16H19N3S. The Morgan fingerprint density at radius 2 is 2.10 bits per heavy atom. The first-order chi connectivity index (χ1) is 9.86. The summed E-state index contributed by atoms with van der Waals surface area (Å²) >= 11 is 1.76. The predicted octanol–water partition coefficient (Wildman–Crippen LogP) is 2.97. The van der Waals surface area contributed by atoms with Gasteiger partial charge in [-0.2, -0.15) is 0 Å². The number of rotatable bonds is 4. The molecule has 1 aromatic carbocycles. The number of aliphatic imine (C=N–C) groups is 1. The SMILES string of the molecule is CN=C(NCc1cccs1)NC1CC1c1ccccc1. The van der Waals surface area contributed by atoms with Crippen molar-refractivity contribution in [3.63, 3.8) is 0 Å². The zero-order valence-corrected chi connectivity index (χ0v) is 12.4. The van der Waals surface area contributed by atoms with E-state index in [4.69, 9.17) is 0 Å². The molecule has 2 aromatic rings. The molecule has 4 heteroatoms. The molecule has 0 amide bonds. The summed E-state index contributed by atoms with van der Waals surface area (Å²) in [6.07, 6.45) is 1.18. The van der Waals surface area contributed by atoms with Gasteiger partial charge in [-0.15, -0.1) is 11.3 Å². The van der Waals surface area contributed by atoms with Gasteiger partial charge >= 0.3 is 0 Å². The summed E-state index contributed by atoms with van der Waals surface area (Å²) in [4.78, 5) is 5.62. The maximum absolute atomic E-state index is 4.29. The number of hydrogen-bond acceptors (Lipinski definition) is 2. The van der Waals surface area contributed by atoms with E-state index in [1.54, 1.807) is 11.3 Å². The van der Waals surface area contributed by atoms with Crippen LogP contribution in [0.3, 0.4) is 0 Å². The Balaban J connectivity index is 1.50. The van der Waals surface area contributed by atoms with Crippen molar-refractivity contribution >= 4 is 17.3 Å². The van der Waals surface area contributed by atoms with Crippen LogP contribution in [0.5, 0.6) is 0 Å². The van der Waals surface area contributed by atoms with Crippen molar-refractivity contribution in [3.8, 4) is 0 Å². The standard InChI is InChI=1S/C16H19N3S/c1-17-16(18-11-13-8-5-9-20-13)19-15-10-14(15)12-6-3-2-4-7-12/h2-9,14-15H,10-11H2,1H3,(H2,17,18,19). The van der Waals surface area contributed by atoms with Gasteiger partial charge in [0.05, 0.1) is 6.54 Å². The van der Waals surface area contributed by atoms with E-state index in [0.29, 0.717) is 12.0 Å². The molecule has 0 radical (unpaired) electrons. The molecular weight excluding hydrogens is 266 g/mol. The second kappa shape index (κ2) is 6.09. The number of guanidine groups is 1. The van der Waals surface area contributed by atoms with Gasteiger partial charge in [0, 0.05) is 23.9 Å². The summed E-state index contributed by atoms with van der Waals surface area (Å²) in [6.45, 7) is 0.833. The summed E-state index contributed by atoms with van der Waals surface area (Å²) in [7, 11) is 1.82. The minimum Gasteiger partial charge on any atom is -0.353 e. The van der Waals surface area contributed by atoms with Crippen molar-refractivity contribution in [2.75, 3.05) is 7.05 Å². The van der Waals surface area contributed by atoms with Crippen molar-refractivity contribution in [2.24, 2.45) is 4.99 Å². The third kappa shape index (κ3) is 3.20. The van der Waals surface area contributed by atoms with Crippen LogP contribution in [-0.2, 0) is 6.54 Å². The number of nitrogens with one attached hydrogen (secondary N) is 2. The highest BCUT2D eigenvalue weighted by Gasteiger charge is 2.38. The van der Waals surface area contributed by atoms with E-state index >= 15 is 0 Å². The van der Waals surface area contributed by atoms with Crippen LogP contribution in [-0.4, -0.2) is 19.0 Å². The van der Waals surface area contributed by atoms with Crippen LogP contribution in [0.1, 0.15) is 22.8 Å². The molecule has 2 atom stereocenters. The lowest BCUT2D eigenvalue weighted by Crippen LogP contribution is -2.38. The molecule has 1 fully saturated rings. The Morgan fingerprint density at radius 1 is 1.25 bits per heavy atom. The molecule has 1 heterocycles. The Morgan fingerprint density at radius 3 is 2.80 bits per heavy atom. The molecule has 1 aliphatic carbocycles. The minimum absolute atomic E-state index is 0.506. The van der Waals surface area contributed by atoms with Crippen LogP contribution in [0, 0.1) is 0 Å². The molecule has 2 N–H and O–H groups in total. The van der Waals surface area contributed by atoms with Gasteiger partial charge in [0.2, 0.25) is 0 Å². The molecule has 3 nitrogen and oxygen atoms in total. The van der Waals surface area contributed by atoms with Crippen LogP contribution < -0.4 is 10.6 Å². The fourth-order valence-corrected chi connectivity index (χ4v) is 3.02. The predicted molar refractivity (Wildman–Crippen MR) is 85.2 cm³/mol. The van der Waals surface area contributed by atoms with Crippen LogP contribution in [0.25, 0.3) is 0 Å². The lowest BCUT2D eigenvalue weighted by Gasteiger charge is -2.11. The van der Waals surface area contributed by atoms with Crippen molar-refractivity contribution < 1.29 is 0 Å². The van der Waals surface area contributed by atoms with E-state index in [0.717, 1.165) is 12.5 Å². The Labute approximate surface area is 123 Å². The van der Waals surface area contributed by atoms with E-state index < -0.39 is 0 Å². The van der Waals surface area contributed by atoms with Gasteiger partial charge in [0.1, 0.15) is 0 Å². The summed E-state index contributed by atoms with van der Waals surface area (Å²) < 4.78 is 0. The zero-order chi connectivity index (χ0) is 13.8. The number of thiophene rings is 1. The molecule has 20 heavy (non-hydrogen) atoms. The largest absolute Gasteiger partial charge is 0.353 e. The Bertz CT molecular complexity index is 563. The van der Waals surface area contributed by atoms with Crippen LogP contribution >= 0.6 is 11.3 Å². The molecule has 2 unspecified atom stereocenters. The van der Waals surface area contributed by atoms with E-state index in [1.807, 2.05) is 7.05 Å². The third-order valence-electron chi connectivity index (χ3n) is 3.57.